The number of nitrogens with one attached hydrogen (secondary N) is 1. The smallest absolute Gasteiger partial charge is 0.251 e. The molecule has 2 aromatic heterocycles. The molecule has 0 bridgehead atoms. The van der Waals surface area contributed by atoms with E-state index in [-0.39, 0.29) is 5.91 Å². The fourth-order valence-corrected chi connectivity index (χ4v) is 2.86. The highest BCUT2D eigenvalue weighted by Crippen LogP contribution is 2.28. The predicted octanol–water partition coefficient (Wildman–Crippen LogP) is 3.21. The second-order valence-corrected chi connectivity index (χ2v) is 6.13. The SMILES string of the molecule is CCOc1ccc(C(=O)NCc2cncc(-c3ccnn3C)c2)cc1OCC. The van der Waals surface area contributed by atoms with Crippen LogP contribution in [0.25, 0.3) is 11.3 Å². The Morgan fingerprint density at radius 1 is 1.07 bits per heavy atom. The van der Waals surface area contributed by atoms with Gasteiger partial charge in [0.05, 0.1) is 18.9 Å². The van der Waals surface area contributed by atoms with Crippen molar-refractivity contribution in [3.63, 3.8) is 0 Å². The van der Waals surface area contributed by atoms with Gasteiger partial charge in [-0.25, -0.2) is 0 Å². The summed E-state index contributed by atoms with van der Waals surface area (Å²) in [6, 6.07) is 9.11. The quantitative estimate of drug-likeness (QED) is 0.649. The van der Waals surface area contributed by atoms with E-state index in [2.05, 4.69) is 15.4 Å². The number of aryl methyl sites for hydroxylation is 1. The number of nitrogens with zero attached hydrogens (tertiary/aromatic N) is 3. The van der Waals surface area contributed by atoms with Crippen molar-refractivity contribution >= 4 is 5.91 Å². The molecule has 2 heterocycles. The van der Waals surface area contributed by atoms with Gasteiger partial charge in [0.25, 0.3) is 5.91 Å². The molecule has 7 nitrogen and oxygen atoms in total. The van der Waals surface area contributed by atoms with E-state index in [4.69, 9.17) is 9.47 Å². The predicted molar refractivity (Wildman–Crippen MR) is 106 cm³/mol. The van der Waals surface area contributed by atoms with Crippen molar-refractivity contribution in [2.45, 2.75) is 20.4 Å². The van der Waals surface area contributed by atoms with E-state index in [0.717, 1.165) is 16.8 Å². The third-order valence-electron chi connectivity index (χ3n) is 4.17. The number of pyridine rings is 1. The van der Waals surface area contributed by atoms with E-state index in [1.54, 1.807) is 41.5 Å². The molecule has 7 heteroatoms. The molecule has 0 saturated carbocycles. The molecule has 0 fully saturated rings. The van der Waals surface area contributed by atoms with Crippen LogP contribution in [-0.4, -0.2) is 33.9 Å². The zero-order chi connectivity index (χ0) is 19.9. The number of carbonyl (C=O) groups excluding carboxylic acids is 1. The van der Waals surface area contributed by atoms with Gasteiger partial charge in [-0.05, 0) is 49.7 Å². The molecule has 0 radical (unpaired) electrons. The second kappa shape index (κ2) is 9.03. The maximum atomic E-state index is 12.6. The van der Waals surface area contributed by atoms with E-state index < -0.39 is 0 Å². The first-order valence-electron chi connectivity index (χ1n) is 9.22. The van der Waals surface area contributed by atoms with Crippen molar-refractivity contribution in [2.24, 2.45) is 7.05 Å². The molecule has 28 heavy (non-hydrogen) atoms. The van der Waals surface area contributed by atoms with Crippen LogP contribution in [0.4, 0.5) is 0 Å². The summed E-state index contributed by atoms with van der Waals surface area (Å²) in [4.78, 5) is 16.8. The van der Waals surface area contributed by atoms with Crippen LogP contribution in [-0.2, 0) is 13.6 Å². The van der Waals surface area contributed by atoms with Gasteiger partial charge >= 0.3 is 0 Å². The molecule has 146 valence electrons. The van der Waals surface area contributed by atoms with Crippen molar-refractivity contribution in [3.05, 3.63) is 60.0 Å². The van der Waals surface area contributed by atoms with Crippen molar-refractivity contribution in [2.75, 3.05) is 13.2 Å². The lowest BCUT2D eigenvalue weighted by molar-refractivity contribution is 0.0950. The number of carbonyl (C=O) groups is 1. The van der Waals surface area contributed by atoms with Gasteiger partial charge in [0, 0.05) is 43.3 Å². The highest BCUT2D eigenvalue weighted by atomic mass is 16.5. The fourth-order valence-electron chi connectivity index (χ4n) is 2.86. The van der Waals surface area contributed by atoms with Crippen LogP contribution in [0.5, 0.6) is 11.5 Å². The molecule has 3 rings (SSSR count). The van der Waals surface area contributed by atoms with Gasteiger partial charge in [-0.2, -0.15) is 5.10 Å². The summed E-state index contributed by atoms with van der Waals surface area (Å²) < 4.78 is 12.9. The van der Waals surface area contributed by atoms with E-state index >= 15 is 0 Å². The van der Waals surface area contributed by atoms with Gasteiger partial charge < -0.3 is 14.8 Å². The molecule has 1 N–H and O–H groups in total. The molecule has 0 atom stereocenters. The van der Waals surface area contributed by atoms with Crippen LogP contribution >= 0.6 is 0 Å². The zero-order valence-corrected chi connectivity index (χ0v) is 16.3. The van der Waals surface area contributed by atoms with Crippen LogP contribution < -0.4 is 14.8 Å². The molecule has 1 aromatic carbocycles. The molecular formula is C21H24N4O3. The third kappa shape index (κ3) is 4.49. The molecule has 0 spiro atoms. The maximum Gasteiger partial charge on any atom is 0.251 e. The number of aromatic nitrogens is 3. The minimum atomic E-state index is -0.185. The van der Waals surface area contributed by atoms with Gasteiger partial charge in [0.15, 0.2) is 11.5 Å². The summed E-state index contributed by atoms with van der Waals surface area (Å²) in [5.41, 5.74) is 3.34. The summed E-state index contributed by atoms with van der Waals surface area (Å²) in [6.45, 7) is 5.20. The van der Waals surface area contributed by atoms with Gasteiger partial charge in [-0.1, -0.05) is 0 Å². The summed E-state index contributed by atoms with van der Waals surface area (Å²) in [7, 11) is 1.88. The number of amides is 1. The highest BCUT2D eigenvalue weighted by molar-refractivity contribution is 5.94. The third-order valence-corrected chi connectivity index (χ3v) is 4.17. The van der Waals surface area contributed by atoms with E-state index in [9.17, 15) is 4.79 Å². The Hall–Kier alpha value is -3.35. The van der Waals surface area contributed by atoms with Gasteiger partial charge in [0.2, 0.25) is 0 Å². The van der Waals surface area contributed by atoms with Crippen LogP contribution in [0.15, 0.2) is 48.9 Å². The van der Waals surface area contributed by atoms with Crippen LogP contribution in [0.2, 0.25) is 0 Å². The molecule has 0 saturated heterocycles. The minimum Gasteiger partial charge on any atom is -0.490 e. The van der Waals surface area contributed by atoms with Crippen molar-refractivity contribution in [1.29, 1.82) is 0 Å². The monoisotopic (exact) mass is 380 g/mol. The van der Waals surface area contributed by atoms with Crippen molar-refractivity contribution < 1.29 is 14.3 Å². The Balaban J connectivity index is 1.70. The van der Waals surface area contributed by atoms with E-state index in [1.807, 2.05) is 33.0 Å². The molecule has 0 unspecified atom stereocenters. The number of hydrogen-bond acceptors (Lipinski definition) is 5. The highest BCUT2D eigenvalue weighted by Gasteiger charge is 2.12. The van der Waals surface area contributed by atoms with Gasteiger partial charge in [0.1, 0.15) is 0 Å². The van der Waals surface area contributed by atoms with E-state index in [1.165, 1.54) is 0 Å². The lowest BCUT2D eigenvalue weighted by Gasteiger charge is -2.12. The Morgan fingerprint density at radius 3 is 2.57 bits per heavy atom. The van der Waals surface area contributed by atoms with Crippen molar-refractivity contribution in [3.8, 4) is 22.8 Å². The van der Waals surface area contributed by atoms with Crippen LogP contribution in [0.1, 0.15) is 29.8 Å². The number of rotatable bonds is 8. The second-order valence-electron chi connectivity index (χ2n) is 6.13. The Bertz CT molecular complexity index is 952. The molecule has 3 aromatic rings. The Kier molecular flexibility index (Phi) is 6.26. The van der Waals surface area contributed by atoms with E-state index in [0.29, 0.717) is 36.8 Å². The zero-order valence-electron chi connectivity index (χ0n) is 16.3. The molecule has 1 amide bonds. The van der Waals surface area contributed by atoms with Crippen molar-refractivity contribution in [1.82, 2.24) is 20.1 Å². The Morgan fingerprint density at radius 2 is 1.86 bits per heavy atom. The Labute approximate surface area is 164 Å². The lowest BCUT2D eigenvalue weighted by atomic mass is 10.1. The topological polar surface area (TPSA) is 78.3 Å². The maximum absolute atomic E-state index is 12.6. The van der Waals surface area contributed by atoms with Gasteiger partial charge in [-0.15, -0.1) is 0 Å². The largest absolute Gasteiger partial charge is 0.490 e. The number of hydrogen-bond donors (Lipinski definition) is 1. The fraction of sp³-hybridized carbons (Fsp3) is 0.286. The standard InChI is InChI=1S/C21H24N4O3/c1-4-27-19-7-6-16(11-20(19)28-5-2)21(26)23-13-15-10-17(14-22-12-15)18-8-9-24-25(18)3/h6-12,14H,4-5,13H2,1-3H3,(H,23,26). The lowest BCUT2D eigenvalue weighted by Crippen LogP contribution is -2.23. The summed E-state index contributed by atoms with van der Waals surface area (Å²) in [5, 5.41) is 7.10. The summed E-state index contributed by atoms with van der Waals surface area (Å²) in [6.07, 6.45) is 5.26. The summed E-state index contributed by atoms with van der Waals surface area (Å²) >= 11 is 0. The number of benzene rings is 1. The molecule has 0 aliphatic carbocycles. The molecular weight excluding hydrogens is 356 g/mol. The average molecular weight is 380 g/mol. The number of ether oxygens (including phenoxy) is 2. The first kappa shape index (κ1) is 19.4. The average Bonchev–Trinajstić information content (AvgIpc) is 3.14. The van der Waals surface area contributed by atoms with Gasteiger partial charge in [-0.3, -0.25) is 14.5 Å². The minimum absolute atomic E-state index is 0.185. The first-order valence-corrected chi connectivity index (χ1v) is 9.22. The summed E-state index contributed by atoms with van der Waals surface area (Å²) in [5.74, 6) is 1.01. The molecule has 0 aliphatic heterocycles. The molecule has 0 aliphatic rings. The van der Waals surface area contributed by atoms with Crippen LogP contribution in [0.3, 0.4) is 0 Å². The first-order chi connectivity index (χ1) is 13.6. The normalized spacial score (nSPS) is 10.5. The van der Waals surface area contributed by atoms with Crippen LogP contribution in [0, 0.1) is 0 Å².